The second kappa shape index (κ2) is 3.98. The number of benzene rings is 1. The minimum Gasteiger partial charge on any atom is -0.496 e. The van der Waals surface area contributed by atoms with Gasteiger partial charge < -0.3 is 10.1 Å². The van der Waals surface area contributed by atoms with E-state index in [9.17, 15) is 0 Å². The van der Waals surface area contributed by atoms with E-state index >= 15 is 0 Å². The van der Waals surface area contributed by atoms with Crippen LogP contribution in [0.1, 0.15) is 5.56 Å². The van der Waals surface area contributed by atoms with E-state index in [1.165, 1.54) is 15.6 Å². The van der Waals surface area contributed by atoms with E-state index in [2.05, 4.69) is 16.8 Å². The summed E-state index contributed by atoms with van der Waals surface area (Å²) in [4.78, 5) is 0. The van der Waals surface area contributed by atoms with Gasteiger partial charge in [0.25, 0.3) is 0 Å². The largest absolute Gasteiger partial charge is 0.496 e. The summed E-state index contributed by atoms with van der Waals surface area (Å²) < 4.78 is 6.64. The highest BCUT2D eigenvalue weighted by atomic mass is 32.1. The van der Waals surface area contributed by atoms with Crippen LogP contribution in [0.3, 0.4) is 0 Å². The van der Waals surface area contributed by atoms with Crippen molar-refractivity contribution in [2.45, 2.75) is 6.54 Å². The van der Waals surface area contributed by atoms with E-state index in [4.69, 9.17) is 4.74 Å². The van der Waals surface area contributed by atoms with Gasteiger partial charge in [0.2, 0.25) is 0 Å². The summed E-state index contributed by atoms with van der Waals surface area (Å²) >= 11 is 1.76. The van der Waals surface area contributed by atoms with Crippen LogP contribution in [0.2, 0.25) is 0 Å². The Bertz CT molecular complexity index is 436. The number of hydrogen-bond acceptors (Lipinski definition) is 3. The molecule has 0 aliphatic rings. The fourth-order valence-corrected chi connectivity index (χ4v) is 2.59. The van der Waals surface area contributed by atoms with Gasteiger partial charge in [-0.25, -0.2) is 0 Å². The Hall–Kier alpha value is -1.06. The number of ether oxygens (including phenoxy) is 1. The van der Waals surface area contributed by atoms with E-state index in [1.807, 2.05) is 19.2 Å². The van der Waals surface area contributed by atoms with Gasteiger partial charge in [0, 0.05) is 16.6 Å². The molecule has 1 aromatic carbocycles. The molecule has 0 bridgehead atoms. The van der Waals surface area contributed by atoms with E-state index in [0.29, 0.717) is 0 Å². The molecule has 0 unspecified atom stereocenters. The highest BCUT2D eigenvalue weighted by Crippen LogP contribution is 2.33. The van der Waals surface area contributed by atoms with Gasteiger partial charge in [-0.3, -0.25) is 0 Å². The molecule has 0 saturated heterocycles. The Kier molecular flexibility index (Phi) is 2.70. The van der Waals surface area contributed by atoms with Gasteiger partial charge in [-0.2, -0.15) is 0 Å². The zero-order chi connectivity index (χ0) is 9.97. The smallest absolute Gasteiger partial charge is 0.127 e. The molecule has 74 valence electrons. The number of methoxy groups -OCH3 is 1. The molecule has 0 spiro atoms. The Morgan fingerprint density at radius 1 is 1.43 bits per heavy atom. The maximum atomic E-state index is 5.35. The number of rotatable bonds is 3. The lowest BCUT2D eigenvalue weighted by Gasteiger charge is -2.04. The monoisotopic (exact) mass is 207 g/mol. The number of nitrogens with one attached hydrogen (secondary N) is 1. The van der Waals surface area contributed by atoms with Crippen molar-refractivity contribution in [3.8, 4) is 5.75 Å². The second-order valence-electron chi connectivity index (χ2n) is 3.12. The minimum absolute atomic E-state index is 0.889. The molecule has 0 aliphatic carbocycles. The van der Waals surface area contributed by atoms with Gasteiger partial charge >= 0.3 is 0 Å². The second-order valence-corrected chi connectivity index (χ2v) is 4.04. The molecular formula is C11H13NOS. The summed E-state index contributed by atoms with van der Waals surface area (Å²) in [6.45, 7) is 0.889. The molecule has 0 amide bonds. The zero-order valence-electron chi connectivity index (χ0n) is 8.33. The van der Waals surface area contributed by atoms with E-state index in [1.54, 1.807) is 18.4 Å². The molecule has 1 aromatic heterocycles. The molecular weight excluding hydrogens is 194 g/mol. The SMILES string of the molecule is CNCc1csc2cccc(OC)c12. The Balaban J connectivity index is 2.62. The fourth-order valence-electron chi connectivity index (χ4n) is 1.61. The van der Waals surface area contributed by atoms with Crippen molar-refractivity contribution < 1.29 is 4.74 Å². The molecule has 0 fully saturated rings. The van der Waals surface area contributed by atoms with Crippen LogP contribution in [-0.2, 0) is 6.54 Å². The molecule has 0 atom stereocenters. The van der Waals surface area contributed by atoms with Crippen LogP contribution in [-0.4, -0.2) is 14.2 Å². The first-order valence-electron chi connectivity index (χ1n) is 4.54. The maximum Gasteiger partial charge on any atom is 0.127 e. The van der Waals surface area contributed by atoms with Crippen molar-refractivity contribution in [3.63, 3.8) is 0 Å². The van der Waals surface area contributed by atoms with E-state index in [0.717, 1.165) is 12.3 Å². The Morgan fingerprint density at radius 2 is 2.29 bits per heavy atom. The molecule has 2 rings (SSSR count). The van der Waals surface area contributed by atoms with Crippen molar-refractivity contribution in [3.05, 3.63) is 29.1 Å². The molecule has 2 nitrogen and oxygen atoms in total. The van der Waals surface area contributed by atoms with Crippen LogP contribution in [0.15, 0.2) is 23.6 Å². The molecule has 0 saturated carbocycles. The van der Waals surface area contributed by atoms with E-state index in [-0.39, 0.29) is 0 Å². The van der Waals surface area contributed by atoms with Gasteiger partial charge in [-0.05, 0) is 30.1 Å². The van der Waals surface area contributed by atoms with Crippen LogP contribution >= 0.6 is 11.3 Å². The number of thiophene rings is 1. The normalized spacial score (nSPS) is 10.7. The van der Waals surface area contributed by atoms with Crippen molar-refractivity contribution in [1.82, 2.24) is 5.32 Å². The van der Waals surface area contributed by atoms with Crippen molar-refractivity contribution in [1.29, 1.82) is 0 Å². The van der Waals surface area contributed by atoms with Crippen molar-refractivity contribution in [2.75, 3.05) is 14.2 Å². The summed E-state index contributed by atoms with van der Waals surface area (Å²) in [5.74, 6) is 0.967. The van der Waals surface area contributed by atoms with Crippen LogP contribution in [0.25, 0.3) is 10.1 Å². The lowest BCUT2D eigenvalue weighted by Crippen LogP contribution is -2.04. The number of fused-ring (bicyclic) bond motifs is 1. The lowest BCUT2D eigenvalue weighted by atomic mass is 10.1. The Morgan fingerprint density at radius 3 is 3.00 bits per heavy atom. The third-order valence-corrected chi connectivity index (χ3v) is 3.22. The van der Waals surface area contributed by atoms with Gasteiger partial charge in [-0.1, -0.05) is 6.07 Å². The summed E-state index contributed by atoms with van der Waals surface area (Å²) in [6.07, 6.45) is 0. The first-order chi connectivity index (χ1) is 6.86. The molecule has 0 aliphatic heterocycles. The third-order valence-electron chi connectivity index (χ3n) is 2.22. The topological polar surface area (TPSA) is 21.3 Å². The standard InChI is InChI=1S/C11H13NOS/c1-12-6-8-7-14-10-5-3-4-9(13-2)11(8)10/h3-5,7,12H,6H2,1-2H3. The first-order valence-corrected chi connectivity index (χ1v) is 5.42. The predicted molar refractivity (Wildman–Crippen MR) is 61.1 cm³/mol. The van der Waals surface area contributed by atoms with Crippen LogP contribution in [0.4, 0.5) is 0 Å². The molecule has 14 heavy (non-hydrogen) atoms. The van der Waals surface area contributed by atoms with Crippen LogP contribution in [0.5, 0.6) is 5.75 Å². The highest BCUT2D eigenvalue weighted by Gasteiger charge is 2.07. The molecule has 1 N–H and O–H groups in total. The average molecular weight is 207 g/mol. The fraction of sp³-hybridized carbons (Fsp3) is 0.273. The lowest BCUT2D eigenvalue weighted by molar-refractivity contribution is 0.419. The van der Waals surface area contributed by atoms with Gasteiger partial charge in [-0.15, -0.1) is 11.3 Å². The summed E-state index contributed by atoms with van der Waals surface area (Å²) in [5, 5.41) is 6.59. The van der Waals surface area contributed by atoms with E-state index < -0.39 is 0 Å². The summed E-state index contributed by atoms with van der Waals surface area (Å²) in [5.41, 5.74) is 1.31. The van der Waals surface area contributed by atoms with Crippen molar-refractivity contribution in [2.24, 2.45) is 0 Å². The maximum absolute atomic E-state index is 5.35. The van der Waals surface area contributed by atoms with Gasteiger partial charge in [0.05, 0.1) is 7.11 Å². The average Bonchev–Trinajstić information content (AvgIpc) is 2.62. The first kappa shape index (κ1) is 9.49. The number of hydrogen-bond donors (Lipinski definition) is 1. The van der Waals surface area contributed by atoms with Crippen LogP contribution in [0, 0.1) is 0 Å². The minimum atomic E-state index is 0.889. The predicted octanol–water partition coefficient (Wildman–Crippen LogP) is 2.63. The molecule has 2 aromatic rings. The highest BCUT2D eigenvalue weighted by molar-refractivity contribution is 7.17. The zero-order valence-corrected chi connectivity index (χ0v) is 9.15. The summed E-state index contributed by atoms with van der Waals surface area (Å²) in [6, 6.07) is 6.16. The molecule has 1 heterocycles. The van der Waals surface area contributed by atoms with Gasteiger partial charge in [0.15, 0.2) is 0 Å². The summed E-state index contributed by atoms with van der Waals surface area (Å²) in [7, 11) is 3.68. The Labute approximate surface area is 87.5 Å². The third kappa shape index (κ3) is 1.49. The molecule has 0 radical (unpaired) electrons. The van der Waals surface area contributed by atoms with Crippen molar-refractivity contribution >= 4 is 21.4 Å². The van der Waals surface area contributed by atoms with Crippen LogP contribution < -0.4 is 10.1 Å². The molecule has 3 heteroatoms. The quantitative estimate of drug-likeness (QED) is 0.835. The van der Waals surface area contributed by atoms with Gasteiger partial charge in [0.1, 0.15) is 5.75 Å².